The molecule has 0 aromatic heterocycles. The Kier molecular flexibility index (Phi) is 5.25. The van der Waals surface area contributed by atoms with Gasteiger partial charge in [-0.15, -0.1) is 0 Å². The smallest absolute Gasteiger partial charge is 0.307 e. The Labute approximate surface area is 96.1 Å². The highest BCUT2D eigenvalue weighted by Crippen LogP contribution is 2.12. The molecule has 5 nitrogen and oxygen atoms in total. The van der Waals surface area contributed by atoms with E-state index in [1.165, 1.54) is 7.11 Å². The SMILES string of the molecule is CCNC1CCCN(CCC(=O)OC)C1=O. The van der Waals surface area contributed by atoms with E-state index in [1.54, 1.807) is 4.90 Å². The average Bonchev–Trinajstić information content (AvgIpc) is 2.30. The molecule has 1 aliphatic rings. The van der Waals surface area contributed by atoms with Gasteiger partial charge in [-0.2, -0.15) is 0 Å². The fourth-order valence-corrected chi connectivity index (χ4v) is 1.93. The Bertz CT molecular complexity index is 254. The summed E-state index contributed by atoms with van der Waals surface area (Å²) in [5, 5.41) is 3.16. The molecule has 0 saturated carbocycles. The number of likely N-dealkylation sites (N-methyl/N-ethyl adjacent to an activating group) is 1. The third kappa shape index (κ3) is 3.48. The summed E-state index contributed by atoms with van der Waals surface area (Å²) in [4.78, 5) is 24.7. The summed E-state index contributed by atoms with van der Waals surface area (Å²) in [6.07, 6.45) is 2.16. The monoisotopic (exact) mass is 228 g/mol. The molecule has 1 rings (SSSR count). The van der Waals surface area contributed by atoms with Crippen LogP contribution in [-0.2, 0) is 14.3 Å². The van der Waals surface area contributed by atoms with E-state index >= 15 is 0 Å². The Morgan fingerprint density at radius 2 is 2.38 bits per heavy atom. The van der Waals surface area contributed by atoms with Gasteiger partial charge in [-0.25, -0.2) is 0 Å². The molecule has 92 valence electrons. The number of ether oxygens (including phenoxy) is 1. The predicted molar refractivity (Wildman–Crippen MR) is 59.9 cm³/mol. The number of rotatable bonds is 5. The zero-order valence-corrected chi connectivity index (χ0v) is 9.99. The van der Waals surface area contributed by atoms with E-state index in [0.717, 1.165) is 25.9 Å². The number of carbonyl (C=O) groups excluding carboxylic acids is 2. The van der Waals surface area contributed by atoms with Gasteiger partial charge in [0, 0.05) is 13.1 Å². The molecular weight excluding hydrogens is 208 g/mol. The van der Waals surface area contributed by atoms with Gasteiger partial charge in [-0.3, -0.25) is 9.59 Å². The number of nitrogens with zero attached hydrogens (tertiary/aromatic N) is 1. The van der Waals surface area contributed by atoms with E-state index < -0.39 is 0 Å². The number of carbonyl (C=O) groups is 2. The molecule has 0 bridgehead atoms. The number of methoxy groups -OCH3 is 1. The Morgan fingerprint density at radius 1 is 1.62 bits per heavy atom. The summed E-state index contributed by atoms with van der Waals surface area (Å²) in [5.41, 5.74) is 0. The number of amides is 1. The molecule has 1 heterocycles. The van der Waals surface area contributed by atoms with Crippen LogP contribution in [0, 0.1) is 0 Å². The molecule has 5 heteroatoms. The van der Waals surface area contributed by atoms with Crippen LogP contribution in [0.5, 0.6) is 0 Å². The molecule has 1 saturated heterocycles. The fraction of sp³-hybridized carbons (Fsp3) is 0.818. The minimum atomic E-state index is -0.265. The lowest BCUT2D eigenvalue weighted by atomic mass is 10.0. The molecule has 1 unspecified atom stereocenters. The molecule has 16 heavy (non-hydrogen) atoms. The highest BCUT2D eigenvalue weighted by Gasteiger charge is 2.27. The third-order valence-electron chi connectivity index (χ3n) is 2.79. The van der Waals surface area contributed by atoms with E-state index in [9.17, 15) is 9.59 Å². The van der Waals surface area contributed by atoms with Crippen LogP contribution in [0.4, 0.5) is 0 Å². The average molecular weight is 228 g/mol. The summed E-state index contributed by atoms with van der Waals surface area (Å²) in [6.45, 7) is 3.99. The van der Waals surface area contributed by atoms with Crippen molar-refractivity contribution in [3.8, 4) is 0 Å². The van der Waals surface area contributed by atoms with Crippen LogP contribution < -0.4 is 5.32 Å². The fourth-order valence-electron chi connectivity index (χ4n) is 1.93. The van der Waals surface area contributed by atoms with E-state index in [2.05, 4.69) is 10.1 Å². The molecule has 0 spiro atoms. The highest BCUT2D eigenvalue weighted by molar-refractivity contribution is 5.83. The number of nitrogens with one attached hydrogen (secondary N) is 1. The van der Waals surface area contributed by atoms with Gasteiger partial charge >= 0.3 is 5.97 Å². The maximum absolute atomic E-state index is 11.9. The number of esters is 1. The zero-order chi connectivity index (χ0) is 12.0. The molecule has 0 aromatic carbocycles. The second-order valence-electron chi connectivity index (χ2n) is 3.90. The zero-order valence-electron chi connectivity index (χ0n) is 9.99. The van der Waals surface area contributed by atoms with E-state index in [0.29, 0.717) is 6.54 Å². The van der Waals surface area contributed by atoms with Crippen molar-refractivity contribution >= 4 is 11.9 Å². The first kappa shape index (κ1) is 13.0. The van der Waals surface area contributed by atoms with Crippen molar-refractivity contribution in [3.05, 3.63) is 0 Å². The lowest BCUT2D eigenvalue weighted by Crippen LogP contribution is -2.51. The quantitative estimate of drug-likeness (QED) is 0.680. The Morgan fingerprint density at radius 3 is 3.00 bits per heavy atom. The second-order valence-corrected chi connectivity index (χ2v) is 3.90. The number of hydrogen-bond acceptors (Lipinski definition) is 4. The van der Waals surface area contributed by atoms with Crippen LogP contribution in [0.25, 0.3) is 0 Å². The van der Waals surface area contributed by atoms with Crippen molar-refractivity contribution in [2.24, 2.45) is 0 Å². The summed E-state index contributed by atoms with van der Waals surface area (Å²) in [6, 6.07) is -0.0728. The minimum absolute atomic E-state index is 0.0728. The van der Waals surface area contributed by atoms with Crippen LogP contribution in [-0.4, -0.2) is 49.6 Å². The van der Waals surface area contributed by atoms with Crippen LogP contribution >= 0.6 is 0 Å². The molecule has 1 fully saturated rings. The predicted octanol–water partition coefficient (Wildman–Crippen LogP) is 0.150. The first-order chi connectivity index (χ1) is 7.69. The Balaban J connectivity index is 2.41. The first-order valence-electron chi connectivity index (χ1n) is 5.78. The molecule has 0 radical (unpaired) electrons. The van der Waals surface area contributed by atoms with Crippen molar-refractivity contribution in [1.29, 1.82) is 0 Å². The van der Waals surface area contributed by atoms with Gasteiger partial charge in [0.25, 0.3) is 0 Å². The lowest BCUT2D eigenvalue weighted by molar-refractivity contribution is -0.142. The molecule has 0 aliphatic carbocycles. The standard InChI is InChI=1S/C11H20N2O3/c1-3-12-9-5-4-7-13(11(9)15)8-6-10(14)16-2/h9,12H,3-8H2,1-2H3. The van der Waals surface area contributed by atoms with E-state index in [-0.39, 0.29) is 24.3 Å². The summed E-state index contributed by atoms with van der Waals surface area (Å²) in [7, 11) is 1.36. The number of likely N-dealkylation sites (tertiary alicyclic amines) is 1. The molecule has 1 aliphatic heterocycles. The van der Waals surface area contributed by atoms with Crippen molar-refractivity contribution in [3.63, 3.8) is 0 Å². The molecule has 0 aromatic rings. The van der Waals surface area contributed by atoms with Crippen LogP contribution in [0.2, 0.25) is 0 Å². The molecule has 1 N–H and O–H groups in total. The minimum Gasteiger partial charge on any atom is -0.469 e. The van der Waals surface area contributed by atoms with Crippen LogP contribution in [0.1, 0.15) is 26.2 Å². The number of piperidine rings is 1. The maximum atomic E-state index is 11.9. The first-order valence-corrected chi connectivity index (χ1v) is 5.78. The van der Waals surface area contributed by atoms with Gasteiger partial charge in [0.1, 0.15) is 0 Å². The van der Waals surface area contributed by atoms with Gasteiger partial charge in [-0.05, 0) is 19.4 Å². The van der Waals surface area contributed by atoms with Crippen LogP contribution in [0.3, 0.4) is 0 Å². The van der Waals surface area contributed by atoms with Crippen molar-refractivity contribution in [1.82, 2.24) is 10.2 Å². The number of hydrogen-bond donors (Lipinski definition) is 1. The maximum Gasteiger partial charge on any atom is 0.307 e. The van der Waals surface area contributed by atoms with Crippen molar-refractivity contribution in [2.45, 2.75) is 32.2 Å². The molecule has 1 amide bonds. The molecular formula is C11H20N2O3. The van der Waals surface area contributed by atoms with E-state index in [1.807, 2.05) is 6.92 Å². The van der Waals surface area contributed by atoms with Gasteiger partial charge in [0.2, 0.25) is 5.91 Å². The van der Waals surface area contributed by atoms with Crippen molar-refractivity contribution < 1.29 is 14.3 Å². The summed E-state index contributed by atoms with van der Waals surface area (Å²) < 4.78 is 4.56. The third-order valence-corrected chi connectivity index (χ3v) is 2.79. The largest absolute Gasteiger partial charge is 0.469 e. The van der Waals surface area contributed by atoms with Gasteiger partial charge < -0.3 is 15.0 Å². The Hall–Kier alpha value is -1.10. The normalized spacial score (nSPS) is 21.0. The molecule has 1 atom stereocenters. The van der Waals surface area contributed by atoms with Crippen molar-refractivity contribution in [2.75, 3.05) is 26.7 Å². The van der Waals surface area contributed by atoms with Gasteiger partial charge in [0.05, 0.1) is 19.6 Å². The van der Waals surface area contributed by atoms with Gasteiger partial charge in [0.15, 0.2) is 0 Å². The summed E-state index contributed by atoms with van der Waals surface area (Å²) >= 11 is 0. The summed E-state index contributed by atoms with van der Waals surface area (Å²) in [5.74, 6) is -0.157. The topological polar surface area (TPSA) is 58.6 Å². The van der Waals surface area contributed by atoms with Crippen LogP contribution in [0.15, 0.2) is 0 Å². The van der Waals surface area contributed by atoms with Gasteiger partial charge in [-0.1, -0.05) is 6.92 Å². The highest BCUT2D eigenvalue weighted by atomic mass is 16.5. The van der Waals surface area contributed by atoms with E-state index in [4.69, 9.17) is 0 Å². The second kappa shape index (κ2) is 6.48. The lowest BCUT2D eigenvalue weighted by Gasteiger charge is -2.32.